The fourth-order valence-corrected chi connectivity index (χ4v) is 2.20. The standard InChI is InChI=1S/C7H7N3OS/c11-10-7-6(12-3-8-7)5(9-10)4-1-2-4/h3-4,11H,1-2H2. The van der Waals surface area contributed by atoms with E-state index in [2.05, 4.69) is 10.1 Å². The van der Waals surface area contributed by atoms with Crippen LogP contribution in [-0.2, 0) is 0 Å². The molecule has 2 heterocycles. The summed E-state index contributed by atoms with van der Waals surface area (Å²) in [5, 5.41) is 13.3. The highest BCUT2D eigenvalue weighted by Crippen LogP contribution is 2.43. The van der Waals surface area contributed by atoms with Gasteiger partial charge in [-0.15, -0.1) is 16.4 Å². The van der Waals surface area contributed by atoms with E-state index >= 15 is 0 Å². The lowest BCUT2D eigenvalue weighted by Gasteiger charge is -1.86. The van der Waals surface area contributed by atoms with Crippen LogP contribution in [-0.4, -0.2) is 20.1 Å². The molecule has 2 aromatic rings. The minimum absolute atomic E-state index is 0.571. The van der Waals surface area contributed by atoms with E-state index in [1.165, 1.54) is 12.8 Å². The molecule has 1 saturated carbocycles. The molecule has 1 aliphatic rings. The molecule has 0 amide bonds. The molecule has 0 saturated heterocycles. The van der Waals surface area contributed by atoms with Gasteiger partial charge in [-0.3, -0.25) is 0 Å². The Hall–Kier alpha value is -1.10. The Balaban J connectivity index is 2.33. The van der Waals surface area contributed by atoms with E-state index in [9.17, 15) is 5.21 Å². The summed E-state index contributed by atoms with van der Waals surface area (Å²) in [7, 11) is 0. The predicted molar refractivity (Wildman–Crippen MR) is 44.6 cm³/mol. The Labute approximate surface area is 72.4 Å². The average Bonchev–Trinajstić information content (AvgIpc) is 2.68. The van der Waals surface area contributed by atoms with Crippen LogP contribution in [0.25, 0.3) is 10.3 Å². The Kier molecular flexibility index (Phi) is 1.06. The Morgan fingerprint density at radius 3 is 3.17 bits per heavy atom. The summed E-state index contributed by atoms with van der Waals surface area (Å²) in [5.41, 5.74) is 3.36. The van der Waals surface area contributed by atoms with Crippen LogP contribution in [0.3, 0.4) is 0 Å². The van der Waals surface area contributed by atoms with E-state index in [1.807, 2.05) is 0 Å². The largest absolute Gasteiger partial charge is 0.410 e. The van der Waals surface area contributed by atoms with Crippen molar-refractivity contribution in [3.63, 3.8) is 0 Å². The van der Waals surface area contributed by atoms with Crippen LogP contribution in [0.2, 0.25) is 0 Å². The van der Waals surface area contributed by atoms with Crippen molar-refractivity contribution >= 4 is 21.7 Å². The molecule has 3 rings (SSSR count). The zero-order valence-electron chi connectivity index (χ0n) is 6.27. The van der Waals surface area contributed by atoms with E-state index in [0.717, 1.165) is 15.2 Å². The third kappa shape index (κ3) is 0.714. The zero-order chi connectivity index (χ0) is 8.13. The van der Waals surface area contributed by atoms with E-state index in [4.69, 9.17) is 0 Å². The Bertz CT molecular complexity index is 429. The fraction of sp³-hybridized carbons (Fsp3) is 0.429. The van der Waals surface area contributed by atoms with Crippen molar-refractivity contribution in [2.24, 2.45) is 0 Å². The van der Waals surface area contributed by atoms with Crippen molar-refractivity contribution in [2.45, 2.75) is 18.8 Å². The van der Waals surface area contributed by atoms with E-state index in [0.29, 0.717) is 11.6 Å². The molecular formula is C7H7N3OS. The maximum Gasteiger partial charge on any atom is 0.209 e. The summed E-state index contributed by atoms with van der Waals surface area (Å²) in [6.07, 6.45) is 2.40. The minimum Gasteiger partial charge on any atom is -0.410 e. The lowest BCUT2D eigenvalue weighted by atomic mass is 10.3. The molecule has 2 aromatic heterocycles. The minimum atomic E-state index is 0.571. The second kappa shape index (κ2) is 1.98. The average molecular weight is 181 g/mol. The van der Waals surface area contributed by atoms with Crippen LogP contribution < -0.4 is 0 Å². The van der Waals surface area contributed by atoms with Gasteiger partial charge in [-0.2, -0.15) is 0 Å². The van der Waals surface area contributed by atoms with Gasteiger partial charge in [-0.1, -0.05) is 4.85 Å². The molecule has 1 N–H and O–H groups in total. The second-order valence-electron chi connectivity index (χ2n) is 3.05. The zero-order valence-corrected chi connectivity index (χ0v) is 7.08. The normalized spacial score (nSPS) is 17.3. The van der Waals surface area contributed by atoms with Gasteiger partial charge in [-0.05, 0) is 12.8 Å². The summed E-state index contributed by atoms with van der Waals surface area (Å²) in [5.74, 6) is 0.571. The summed E-state index contributed by atoms with van der Waals surface area (Å²) in [6.45, 7) is 0. The Morgan fingerprint density at radius 2 is 2.42 bits per heavy atom. The number of rotatable bonds is 1. The third-order valence-electron chi connectivity index (χ3n) is 2.14. The maximum absolute atomic E-state index is 9.31. The smallest absolute Gasteiger partial charge is 0.209 e. The van der Waals surface area contributed by atoms with Gasteiger partial charge in [0.1, 0.15) is 4.70 Å². The topological polar surface area (TPSA) is 50.9 Å². The molecule has 62 valence electrons. The first-order valence-corrected chi connectivity index (χ1v) is 4.75. The quantitative estimate of drug-likeness (QED) is 0.680. The molecule has 0 radical (unpaired) electrons. The molecule has 0 aromatic carbocycles. The van der Waals surface area contributed by atoms with Gasteiger partial charge in [-0.25, -0.2) is 4.98 Å². The highest BCUT2D eigenvalue weighted by Gasteiger charge is 2.30. The molecule has 4 nitrogen and oxygen atoms in total. The van der Waals surface area contributed by atoms with Gasteiger partial charge >= 0.3 is 0 Å². The lowest BCUT2D eigenvalue weighted by Crippen LogP contribution is -1.93. The van der Waals surface area contributed by atoms with Gasteiger partial charge < -0.3 is 5.21 Å². The lowest BCUT2D eigenvalue weighted by molar-refractivity contribution is 0.158. The molecule has 12 heavy (non-hydrogen) atoms. The van der Waals surface area contributed by atoms with Crippen molar-refractivity contribution in [3.8, 4) is 0 Å². The van der Waals surface area contributed by atoms with Gasteiger partial charge in [0, 0.05) is 5.92 Å². The van der Waals surface area contributed by atoms with Crippen LogP contribution in [0.4, 0.5) is 0 Å². The molecule has 0 unspecified atom stereocenters. The monoisotopic (exact) mass is 181 g/mol. The first-order valence-electron chi connectivity index (χ1n) is 3.87. The van der Waals surface area contributed by atoms with Crippen LogP contribution in [0.5, 0.6) is 0 Å². The summed E-state index contributed by atoms with van der Waals surface area (Å²) in [4.78, 5) is 4.91. The molecule has 1 fully saturated rings. The molecule has 5 heteroatoms. The van der Waals surface area contributed by atoms with Gasteiger partial charge in [0.15, 0.2) is 0 Å². The van der Waals surface area contributed by atoms with E-state index < -0.39 is 0 Å². The number of thiazole rings is 1. The van der Waals surface area contributed by atoms with Crippen LogP contribution >= 0.6 is 11.3 Å². The van der Waals surface area contributed by atoms with Gasteiger partial charge in [0.05, 0.1) is 11.2 Å². The molecular weight excluding hydrogens is 174 g/mol. The van der Waals surface area contributed by atoms with Crippen molar-refractivity contribution in [1.82, 2.24) is 14.9 Å². The number of aromatic nitrogens is 3. The molecule has 0 aliphatic heterocycles. The maximum atomic E-state index is 9.31. The highest BCUT2D eigenvalue weighted by molar-refractivity contribution is 7.16. The molecule has 0 atom stereocenters. The van der Waals surface area contributed by atoms with Crippen molar-refractivity contribution in [1.29, 1.82) is 0 Å². The SMILES string of the molecule is On1nc(C2CC2)c2scnc21. The fourth-order valence-electron chi connectivity index (χ4n) is 1.38. The van der Waals surface area contributed by atoms with Crippen molar-refractivity contribution < 1.29 is 5.21 Å². The van der Waals surface area contributed by atoms with Crippen molar-refractivity contribution in [2.75, 3.05) is 0 Å². The number of nitrogens with zero attached hydrogens (tertiary/aromatic N) is 3. The molecule has 0 bridgehead atoms. The predicted octanol–water partition coefficient (Wildman–Crippen LogP) is 1.61. The van der Waals surface area contributed by atoms with Gasteiger partial charge in [0.2, 0.25) is 5.65 Å². The van der Waals surface area contributed by atoms with Crippen LogP contribution in [0, 0.1) is 0 Å². The van der Waals surface area contributed by atoms with Gasteiger partial charge in [0.25, 0.3) is 0 Å². The number of hydrogen-bond acceptors (Lipinski definition) is 4. The molecule has 0 spiro atoms. The van der Waals surface area contributed by atoms with E-state index in [-0.39, 0.29) is 0 Å². The second-order valence-corrected chi connectivity index (χ2v) is 3.91. The van der Waals surface area contributed by atoms with Crippen molar-refractivity contribution in [3.05, 3.63) is 11.2 Å². The molecule has 1 aliphatic carbocycles. The van der Waals surface area contributed by atoms with Crippen LogP contribution in [0.1, 0.15) is 24.5 Å². The third-order valence-corrected chi connectivity index (χ3v) is 2.98. The first kappa shape index (κ1) is 6.42. The Morgan fingerprint density at radius 1 is 1.58 bits per heavy atom. The highest BCUT2D eigenvalue weighted by atomic mass is 32.1. The number of hydrogen-bond donors (Lipinski definition) is 1. The first-order chi connectivity index (χ1) is 5.86. The van der Waals surface area contributed by atoms with Crippen LogP contribution in [0.15, 0.2) is 5.51 Å². The summed E-state index contributed by atoms with van der Waals surface area (Å²) in [6, 6.07) is 0. The van der Waals surface area contributed by atoms with E-state index in [1.54, 1.807) is 16.8 Å². The summed E-state index contributed by atoms with van der Waals surface area (Å²) >= 11 is 1.55. The number of fused-ring (bicyclic) bond motifs is 1. The summed E-state index contributed by atoms with van der Waals surface area (Å²) < 4.78 is 1.04.